The highest BCUT2D eigenvalue weighted by Gasteiger charge is 2.63. The van der Waals surface area contributed by atoms with Crippen LogP contribution in [0.3, 0.4) is 0 Å². The number of barbiturate groups is 1. The molecule has 3 saturated heterocycles. The molecule has 0 N–H and O–H groups in total. The first-order chi connectivity index (χ1) is 16.5. The fraction of sp³-hybridized carbons (Fsp3) is 0.417. The molecule has 0 bridgehead atoms. The van der Waals surface area contributed by atoms with E-state index in [1.165, 1.54) is 44.1 Å². The zero-order chi connectivity index (χ0) is 25.4. The van der Waals surface area contributed by atoms with Gasteiger partial charge in [0.1, 0.15) is 5.57 Å². The topological polar surface area (TPSA) is 102 Å². The molecule has 1 spiro atoms. The molecule has 4 aliphatic heterocycles. The van der Waals surface area contributed by atoms with Gasteiger partial charge in [-0.2, -0.15) is 0 Å². The number of carbonyl (C=O) groups is 5. The van der Waals surface area contributed by atoms with Crippen molar-refractivity contribution in [1.82, 2.24) is 19.6 Å². The maximum Gasteiger partial charge on any atom is 0.332 e. The predicted octanol–water partition coefficient (Wildman–Crippen LogP) is 0.847. The summed E-state index contributed by atoms with van der Waals surface area (Å²) in [5.74, 6) is -1.98. The number of likely N-dealkylation sites (N-methyl/N-ethyl adjacent to an activating group) is 2. The molecule has 0 radical (unpaired) electrons. The number of thiocarbonyl (C=S) groups is 1. The molecule has 182 valence electrons. The van der Waals surface area contributed by atoms with Crippen molar-refractivity contribution in [3.8, 4) is 0 Å². The third-order valence-corrected chi connectivity index (χ3v) is 8.15. The molecule has 4 heterocycles. The smallest absolute Gasteiger partial charge is 0.332 e. The standard InChI is InChI=1S/C24H25N5O5S/c1-25-18(30)15(19(31)26(2)23(25)35)11-13-7-8-16-14(10-13)12-24(17-6-5-9-29(16)17)20(32)27(3)22(34)28(4)21(24)33/h7-8,10-11,17H,5-6,9,12H2,1-4H3. The number of nitrogens with zero attached hydrogens (tertiary/aromatic N) is 5. The third kappa shape index (κ3) is 3.00. The fourth-order valence-electron chi connectivity index (χ4n) is 5.77. The van der Waals surface area contributed by atoms with Gasteiger partial charge in [0.2, 0.25) is 11.8 Å². The van der Waals surface area contributed by atoms with Crippen LogP contribution < -0.4 is 4.90 Å². The van der Waals surface area contributed by atoms with Crippen LogP contribution in [0.15, 0.2) is 23.8 Å². The summed E-state index contributed by atoms with van der Waals surface area (Å²) in [7, 11) is 5.84. The molecular weight excluding hydrogens is 470 g/mol. The van der Waals surface area contributed by atoms with Gasteiger partial charge in [-0.05, 0) is 60.8 Å². The van der Waals surface area contributed by atoms with Gasteiger partial charge in [0, 0.05) is 40.4 Å². The second-order valence-corrected chi connectivity index (χ2v) is 9.83. The summed E-state index contributed by atoms with van der Waals surface area (Å²) >= 11 is 5.15. The normalized spacial score (nSPS) is 24.1. The van der Waals surface area contributed by atoms with Gasteiger partial charge in [-0.3, -0.25) is 38.8 Å². The van der Waals surface area contributed by atoms with E-state index in [-0.39, 0.29) is 23.1 Å². The van der Waals surface area contributed by atoms with E-state index in [9.17, 15) is 24.0 Å². The van der Waals surface area contributed by atoms with Crippen molar-refractivity contribution in [2.75, 3.05) is 39.6 Å². The molecular formula is C24H25N5O5S. The first-order valence-corrected chi connectivity index (χ1v) is 11.7. The summed E-state index contributed by atoms with van der Waals surface area (Å²) in [6, 6.07) is 4.54. The van der Waals surface area contributed by atoms with Gasteiger partial charge in [0.15, 0.2) is 10.5 Å². The molecule has 1 atom stereocenters. The molecule has 11 heteroatoms. The summed E-state index contributed by atoms with van der Waals surface area (Å²) in [6.07, 6.45) is 3.13. The number of rotatable bonds is 1. The van der Waals surface area contributed by atoms with Crippen molar-refractivity contribution in [3.05, 3.63) is 34.9 Å². The number of hydrogen-bond donors (Lipinski definition) is 0. The van der Waals surface area contributed by atoms with Crippen molar-refractivity contribution in [2.45, 2.75) is 25.3 Å². The zero-order valence-electron chi connectivity index (χ0n) is 19.9. The number of urea groups is 1. The molecule has 1 aromatic carbocycles. The number of fused-ring (bicyclic) bond motifs is 4. The van der Waals surface area contributed by atoms with Gasteiger partial charge in [0.05, 0.1) is 6.04 Å². The Balaban J connectivity index is 1.60. The lowest BCUT2D eigenvalue weighted by molar-refractivity contribution is -0.159. The summed E-state index contributed by atoms with van der Waals surface area (Å²) in [6.45, 7) is 0.686. The predicted molar refractivity (Wildman–Crippen MR) is 130 cm³/mol. The van der Waals surface area contributed by atoms with Gasteiger partial charge in [-0.1, -0.05) is 6.07 Å². The highest BCUT2D eigenvalue weighted by molar-refractivity contribution is 7.80. The molecule has 3 fully saturated rings. The molecule has 0 saturated carbocycles. The summed E-state index contributed by atoms with van der Waals surface area (Å²) in [5.41, 5.74) is 0.831. The Labute approximate surface area is 207 Å². The van der Waals surface area contributed by atoms with Gasteiger partial charge >= 0.3 is 6.03 Å². The van der Waals surface area contributed by atoms with Crippen molar-refractivity contribution < 1.29 is 24.0 Å². The Kier molecular flexibility index (Phi) is 5.10. The SMILES string of the molecule is CN1C(=O)N(C)C(=O)C2(Cc3cc(C=C4C(=O)N(C)C(=S)N(C)C4=O)ccc3N3CCCC32)C1=O. The fourth-order valence-corrected chi connectivity index (χ4v) is 5.94. The lowest BCUT2D eigenvalue weighted by atomic mass is 9.68. The number of anilines is 1. The van der Waals surface area contributed by atoms with Crippen LogP contribution >= 0.6 is 12.2 Å². The van der Waals surface area contributed by atoms with Crippen LogP contribution in [0.25, 0.3) is 6.08 Å². The van der Waals surface area contributed by atoms with Crippen LogP contribution in [-0.4, -0.2) is 95.1 Å². The maximum absolute atomic E-state index is 13.5. The number of benzene rings is 1. The molecule has 35 heavy (non-hydrogen) atoms. The lowest BCUT2D eigenvalue weighted by Gasteiger charge is -2.50. The summed E-state index contributed by atoms with van der Waals surface area (Å²) in [5, 5.41) is 0.127. The Morgan fingerprint density at radius 1 is 0.914 bits per heavy atom. The van der Waals surface area contributed by atoms with E-state index in [1.807, 2.05) is 18.2 Å². The van der Waals surface area contributed by atoms with Crippen LogP contribution in [0.1, 0.15) is 24.0 Å². The van der Waals surface area contributed by atoms with Gasteiger partial charge < -0.3 is 4.90 Å². The Morgan fingerprint density at radius 3 is 2.11 bits per heavy atom. The van der Waals surface area contributed by atoms with E-state index in [0.717, 1.165) is 27.5 Å². The number of hydrogen-bond acceptors (Lipinski definition) is 7. The summed E-state index contributed by atoms with van der Waals surface area (Å²) < 4.78 is 0. The minimum absolute atomic E-state index is 0.0250. The molecule has 0 aromatic heterocycles. The molecule has 4 aliphatic rings. The first-order valence-electron chi connectivity index (χ1n) is 11.3. The molecule has 5 rings (SSSR count). The minimum Gasteiger partial charge on any atom is -0.367 e. The highest BCUT2D eigenvalue weighted by atomic mass is 32.1. The second kappa shape index (κ2) is 7.70. The van der Waals surface area contributed by atoms with Crippen molar-refractivity contribution in [3.63, 3.8) is 0 Å². The maximum atomic E-state index is 13.5. The summed E-state index contributed by atoms with van der Waals surface area (Å²) in [4.78, 5) is 71.6. The van der Waals surface area contributed by atoms with Crippen LogP contribution in [0, 0.1) is 5.41 Å². The van der Waals surface area contributed by atoms with Crippen LogP contribution in [0.2, 0.25) is 0 Å². The Morgan fingerprint density at radius 2 is 1.51 bits per heavy atom. The quantitative estimate of drug-likeness (QED) is 0.246. The molecule has 10 nitrogen and oxygen atoms in total. The van der Waals surface area contributed by atoms with Gasteiger partial charge in [-0.25, -0.2) is 4.79 Å². The van der Waals surface area contributed by atoms with E-state index < -0.39 is 35.1 Å². The van der Waals surface area contributed by atoms with Crippen LogP contribution in [-0.2, 0) is 25.6 Å². The van der Waals surface area contributed by atoms with E-state index >= 15 is 0 Å². The number of imide groups is 2. The second-order valence-electron chi connectivity index (χ2n) is 9.47. The van der Waals surface area contributed by atoms with E-state index in [0.29, 0.717) is 18.5 Å². The van der Waals surface area contributed by atoms with Gasteiger partial charge in [0.25, 0.3) is 11.8 Å². The first kappa shape index (κ1) is 23.2. The lowest BCUT2D eigenvalue weighted by Crippen LogP contribution is -2.70. The highest BCUT2D eigenvalue weighted by Crippen LogP contribution is 2.49. The largest absolute Gasteiger partial charge is 0.367 e. The average Bonchev–Trinajstić information content (AvgIpc) is 3.36. The number of carbonyl (C=O) groups excluding carboxylic acids is 5. The van der Waals surface area contributed by atoms with E-state index in [4.69, 9.17) is 12.2 Å². The van der Waals surface area contributed by atoms with E-state index in [2.05, 4.69) is 4.90 Å². The average molecular weight is 496 g/mol. The monoisotopic (exact) mass is 495 g/mol. The van der Waals surface area contributed by atoms with Crippen LogP contribution in [0.5, 0.6) is 0 Å². The van der Waals surface area contributed by atoms with Crippen LogP contribution in [0.4, 0.5) is 10.5 Å². The number of amides is 6. The molecule has 0 aliphatic carbocycles. The third-order valence-electron chi connectivity index (χ3n) is 7.61. The minimum atomic E-state index is -1.41. The van der Waals surface area contributed by atoms with Crippen molar-refractivity contribution in [1.29, 1.82) is 0 Å². The van der Waals surface area contributed by atoms with Gasteiger partial charge in [-0.15, -0.1) is 0 Å². The molecule has 1 unspecified atom stereocenters. The molecule has 6 amide bonds. The van der Waals surface area contributed by atoms with Crippen molar-refractivity contribution in [2.24, 2.45) is 5.41 Å². The molecule has 1 aromatic rings. The Hall–Kier alpha value is -3.60. The van der Waals surface area contributed by atoms with Crippen molar-refractivity contribution >= 4 is 58.8 Å². The van der Waals surface area contributed by atoms with E-state index in [1.54, 1.807) is 0 Å². The Bertz CT molecular complexity index is 1220. The zero-order valence-corrected chi connectivity index (χ0v) is 20.7.